The number of nitrogens with two attached hydrogens (primary N) is 1. The lowest BCUT2D eigenvalue weighted by molar-refractivity contribution is 0.264. The Balaban J connectivity index is 1.84. The van der Waals surface area contributed by atoms with Gasteiger partial charge in [0.1, 0.15) is 0 Å². The molecule has 23 heavy (non-hydrogen) atoms. The van der Waals surface area contributed by atoms with Gasteiger partial charge < -0.3 is 16.0 Å². The van der Waals surface area contributed by atoms with E-state index in [1.54, 1.807) is 0 Å². The average molecular weight is 322 g/mol. The van der Waals surface area contributed by atoms with Crippen molar-refractivity contribution in [2.45, 2.75) is 90.1 Å². The summed E-state index contributed by atoms with van der Waals surface area (Å²) in [6.07, 6.45) is 25.5. The summed E-state index contributed by atoms with van der Waals surface area (Å²) in [5.41, 5.74) is 5.64. The standard InChI is InChI=1S/C20H39N3/c1-2-3-4-5-6-7-8-9-10-11-12-13-14-15-20-22-17-19-23(20)18-16-21/h8-9,17,19-20,22H,2-7,10-16,18,21H2,1H3/b9-8+. The summed E-state index contributed by atoms with van der Waals surface area (Å²) in [5.74, 6) is 0. The first-order valence-electron chi connectivity index (χ1n) is 9.92. The number of nitrogens with one attached hydrogen (secondary N) is 1. The second-order valence-corrected chi connectivity index (χ2v) is 6.69. The van der Waals surface area contributed by atoms with Crippen molar-refractivity contribution in [3.63, 3.8) is 0 Å². The summed E-state index contributed by atoms with van der Waals surface area (Å²) < 4.78 is 0. The fraction of sp³-hybridized carbons (Fsp3) is 0.800. The van der Waals surface area contributed by atoms with Crippen LogP contribution in [0.2, 0.25) is 0 Å². The van der Waals surface area contributed by atoms with Crippen molar-refractivity contribution in [3.05, 3.63) is 24.6 Å². The fourth-order valence-corrected chi connectivity index (χ4v) is 3.13. The highest BCUT2D eigenvalue weighted by Gasteiger charge is 2.16. The molecule has 0 saturated heterocycles. The smallest absolute Gasteiger partial charge is 0.0981 e. The SMILES string of the molecule is CCCCCCC/C=C/CCCCCCC1NC=CN1CCN. The molecule has 1 aliphatic heterocycles. The van der Waals surface area contributed by atoms with E-state index in [0.717, 1.165) is 13.1 Å². The van der Waals surface area contributed by atoms with Crippen molar-refractivity contribution in [1.29, 1.82) is 0 Å². The molecule has 0 spiro atoms. The second kappa shape index (κ2) is 14.6. The predicted octanol–water partition coefficient (Wildman–Crippen LogP) is 4.90. The van der Waals surface area contributed by atoms with Gasteiger partial charge in [0.15, 0.2) is 0 Å². The Labute approximate surface area is 144 Å². The first kappa shape index (κ1) is 20.1. The van der Waals surface area contributed by atoms with E-state index in [0.29, 0.717) is 6.17 Å². The maximum absolute atomic E-state index is 5.64. The maximum Gasteiger partial charge on any atom is 0.0981 e. The molecule has 0 aliphatic carbocycles. The zero-order valence-corrected chi connectivity index (χ0v) is 15.3. The molecule has 0 fully saturated rings. The third-order valence-electron chi connectivity index (χ3n) is 4.58. The Bertz CT molecular complexity index is 312. The van der Waals surface area contributed by atoms with E-state index in [1.165, 1.54) is 77.0 Å². The summed E-state index contributed by atoms with van der Waals surface area (Å²) in [7, 11) is 0. The van der Waals surface area contributed by atoms with Crippen LogP contribution in [0.15, 0.2) is 24.6 Å². The largest absolute Gasteiger partial charge is 0.370 e. The van der Waals surface area contributed by atoms with Gasteiger partial charge >= 0.3 is 0 Å². The minimum atomic E-state index is 0.478. The monoisotopic (exact) mass is 321 g/mol. The number of allylic oxidation sites excluding steroid dienone is 2. The van der Waals surface area contributed by atoms with Crippen molar-refractivity contribution >= 4 is 0 Å². The summed E-state index contributed by atoms with van der Waals surface area (Å²) in [4.78, 5) is 2.32. The van der Waals surface area contributed by atoms with Crippen LogP contribution in [0.3, 0.4) is 0 Å². The predicted molar refractivity (Wildman–Crippen MR) is 102 cm³/mol. The van der Waals surface area contributed by atoms with Crippen LogP contribution >= 0.6 is 0 Å². The van der Waals surface area contributed by atoms with Crippen molar-refractivity contribution in [1.82, 2.24) is 10.2 Å². The van der Waals surface area contributed by atoms with Gasteiger partial charge in [0.2, 0.25) is 0 Å². The molecule has 0 bridgehead atoms. The molecule has 0 saturated carbocycles. The average Bonchev–Trinajstić information content (AvgIpc) is 2.99. The molecule has 1 unspecified atom stereocenters. The quantitative estimate of drug-likeness (QED) is 0.333. The molecular weight excluding hydrogens is 282 g/mol. The zero-order valence-electron chi connectivity index (χ0n) is 15.3. The first-order valence-corrected chi connectivity index (χ1v) is 9.92. The maximum atomic E-state index is 5.64. The van der Waals surface area contributed by atoms with Gasteiger partial charge in [-0.25, -0.2) is 0 Å². The van der Waals surface area contributed by atoms with Gasteiger partial charge in [-0.3, -0.25) is 0 Å². The van der Waals surface area contributed by atoms with Crippen LogP contribution in [0.5, 0.6) is 0 Å². The molecule has 0 aromatic heterocycles. The Morgan fingerprint density at radius 2 is 1.61 bits per heavy atom. The Kier molecular flexibility index (Phi) is 12.8. The third kappa shape index (κ3) is 10.4. The van der Waals surface area contributed by atoms with Crippen molar-refractivity contribution < 1.29 is 0 Å². The molecule has 3 heteroatoms. The highest BCUT2D eigenvalue weighted by molar-refractivity contribution is 4.94. The van der Waals surface area contributed by atoms with Crippen LogP contribution in [-0.2, 0) is 0 Å². The van der Waals surface area contributed by atoms with E-state index in [9.17, 15) is 0 Å². The molecule has 3 N–H and O–H groups in total. The van der Waals surface area contributed by atoms with E-state index in [2.05, 4.69) is 35.5 Å². The van der Waals surface area contributed by atoms with Gasteiger partial charge in [0.05, 0.1) is 6.17 Å². The van der Waals surface area contributed by atoms with Crippen LogP contribution in [0.4, 0.5) is 0 Å². The van der Waals surface area contributed by atoms with Crippen molar-refractivity contribution in [2.75, 3.05) is 13.1 Å². The van der Waals surface area contributed by atoms with Crippen LogP contribution in [0, 0.1) is 0 Å². The molecule has 0 aromatic carbocycles. The minimum absolute atomic E-state index is 0.478. The summed E-state index contributed by atoms with van der Waals surface area (Å²) >= 11 is 0. The van der Waals surface area contributed by atoms with E-state index >= 15 is 0 Å². The molecule has 0 radical (unpaired) electrons. The number of nitrogens with zero attached hydrogens (tertiary/aromatic N) is 1. The Morgan fingerprint density at radius 1 is 0.957 bits per heavy atom. The lowest BCUT2D eigenvalue weighted by atomic mass is 10.1. The van der Waals surface area contributed by atoms with Gasteiger partial charge in [-0.05, 0) is 38.5 Å². The number of unbranched alkanes of at least 4 members (excludes halogenated alkanes) is 9. The fourth-order valence-electron chi connectivity index (χ4n) is 3.13. The third-order valence-corrected chi connectivity index (χ3v) is 4.58. The van der Waals surface area contributed by atoms with E-state index in [1.807, 2.05) is 6.20 Å². The number of rotatable bonds is 15. The molecule has 1 atom stereocenters. The van der Waals surface area contributed by atoms with Crippen LogP contribution in [0.25, 0.3) is 0 Å². The molecule has 1 rings (SSSR count). The molecule has 134 valence electrons. The molecule has 0 aromatic rings. The van der Waals surface area contributed by atoms with Crippen molar-refractivity contribution in [3.8, 4) is 0 Å². The van der Waals surface area contributed by atoms with Gasteiger partial charge in [0.25, 0.3) is 0 Å². The van der Waals surface area contributed by atoms with Gasteiger partial charge in [-0.15, -0.1) is 0 Å². The lowest BCUT2D eigenvalue weighted by Gasteiger charge is -2.25. The summed E-state index contributed by atoms with van der Waals surface area (Å²) in [5, 5.41) is 3.41. The second-order valence-electron chi connectivity index (χ2n) is 6.69. The molecule has 0 amide bonds. The van der Waals surface area contributed by atoms with E-state index < -0.39 is 0 Å². The van der Waals surface area contributed by atoms with Gasteiger partial charge in [-0.1, -0.05) is 57.6 Å². The van der Waals surface area contributed by atoms with Crippen LogP contribution < -0.4 is 11.1 Å². The van der Waals surface area contributed by atoms with Crippen molar-refractivity contribution in [2.24, 2.45) is 5.73 Å². The molecular formula is C20H39N3. The Hall–Kier alpha value is -0.960. The highest BCUT2D eigenvalue weighted by Crippen LogP contribution is 2.13. The minimum Gasteiger partial charge on any atom is -0.370 e. The number of hydrogen-bond acceptors (Lipinski definition) is 3. The highest BCUT2D eigenvalue weighted by atomic mass is 15.3. The van der Waals surface area contributed by atoms with E-state index in [4.69, 9.17) is 5.73 Å². The number of hydrogen-bond donors (Lipinski definition) is 2. The molecule has 3 nitrogen and oxygen atoms in total. The van der Waals surface area contributed by atoms with Gasteiger partial charge in [-0.2, -0.15) is 0 Å². The van der Waals surface area contributed by atoms with Crippen LogP contribution in [0.1, 0.15) is 84.0 Å². The van der Waals surface area contributed by atoms with E-state index in [-0.39, 0.29) is 0 Å². The molecule has 1 aliphatic rings. The molecule has 1 heterocycles. The summed E-state index contributed by atoms with van der Waals surface area (Å²) in [6.45, 7) is 3.96. The van der Waals surface area contributed by atoms with Gasteiger partial charge in [0, 0.05) is 25.5 Å². The topological polar surface area (TPSA) is 41.3 Å². The van der Waals surface area contributed by atoms with Crippen LogP contribution in [-0.4, -0.2) is 24.2 Å². The Morgan fingerprint density at radius 3 is 2.26 bits per heavy atom. The zero-order chi connectivity index (χ0) is 16.6. The summed E-state index contributed by atoms with van der Waals surface area (Å²) in [6, 6.07) is 0. The first-order chi connectivity index (χ1) is 11.4. The lowest BCUT2D eigenvalue weighted by Crippen LogP contribution is -2.37. The normalized spacial score (nSPS) is 17.3.